The third-order valence-electron chi connectivity index (χ3n) is 5.03. The molecule has 1 aromatic rings. The van der Waals surface area contributed by atoms with Crippen molar-refractivity contribution < 1.29 is 14.7 Å². The number of rotatable bonds is 6. The van der Waals surface area contributed by atoms with Crippen molar-refractivity contribution in [2.75, 3.05) is 32.7 Å². The monoisotopic (exact) mass is 500 g/mol. The lowest BCUT2D eigenvalue weighted by atomic mass is 10.1. The average Bonchev–Trinajstić information content (AvgIpc) is 2.92. The summed E-state index contributed by atoms with van der Waals surface area (Å²) in [5.41, 5.74) is 1.00. The number of unbranched alkanes of at least 4 members (excludes halogenated alkanes) is 1. The van der Waals surface area contributed by atoms with Crippen LogP contribution in [0.2, 0.25) is 0 Å². The molecule has 0 unspecified atom stereocenters. The van der Waals surface area contributed by atoms with Gasteiger partial charge < -0.3 is 15.3 Å². The molecule has 2 N–H and O–H groups in total. The first-order chi connectivity index (χ1) is 13.1. The van der Waals surface area contributed by atoms with Crippen molar-refractivity contribution in [2.24, 2.45) is 4.99 Å². The number of fused-ring (bicyclic) bond motifs is 1. The number of hydrogen-bond acceptors (Lipinski definition) is 4. The predicted octanol–water partition coefficient (Wildman–Crippen LogP) is 2.10. The van der Waals surface area contributed by atoms with Crippen LogP contribution in [0.4, 0.5) is 0 Å². The van der Waals surface area contributed by atoms with Gasteiger partial charge in [-0.3, -0.25) is 19.5 Å². The van der Waals surface area contributed by atoms with Gasteiger partial charge in [0.15, 0.2) is 5.96 Å². The van der Waals surface area contributed by atoms with Crippen LogP contribution in [0.5, 0.6) is 0 Å². The van der Waals surface area contributed by atoms with Gasteiger partial charge in [0.25, 0.3) is 11.8 Å². The number of aliphatic imine (C=N–C) groups is 1. The van der Waals surface area contributed by atoms with Crippen LogP contribution in [0, 0.1) is 0 Å². The van der Waals surface area contributed by atoms with Crippen LogP contribution >= 0.6 is 24.0 Å². The zero-order chi connectivity index (χ0) is 19.2. The van der Waals surface area contributed by atoms with Crippen LogP contribution in [0.3, 0.4) is 0 Å². The van der Waals surface area contributed by atoms with Crippen LogP contribution in [0.1, 0.15) is 53.3 Å². The molecule has 1 saturated heterocycles. The molecule has 7 nitrogen and oxygen atoms in total. The molecule has 2 amide bonds. The maximum atomic E-state index is 12.3. The topological polar surface area (TPSA) is 85.2 Å². The Bertz CT molecular complexity index is 682. The lowest BCUT2D eigenvalue weighted by Crippen LogP contribution is -2.46. The molecule has 2 heterocycles. The van der Waals surface area contributed by atoms with E-state index >= 15 is 0 Å². The highest BCUT2D eigenvalue weighted by Crippen LogP contribution is 2.22. The summed E-state index contributed by atoms with van der Waals surface area (Å²) in [5.74, 6) is 0.490. The number of aliphatic hydroxyl groups is 1. The number of halogens is 1. The maximum Gasteiger partial charge on any atom is 0.261 e. The number of carbonyl (C=O) groups is 2. The first-order valence-electron chi connectivity index (χ1n) is 9.78. The lowest BCUT2D eigenvalue weighted by molar-refractivity contribution is 0.0651. The van der Waals surface area contributed by atoms with Crippen LogP contribution < -0.4 is 5.32 Å². The second-order valence-corrected chi connectivity index (χ2v) is 6.97. The third-order valence-corrected chi connectivity index (χ3v) is 5.03. The smallest absolute Gasteiger partial charge is 0.261 e. The van der Waals surface area contributed by atoms with Crippen molar-refractivity contribution in [1.29, 1.82) is 0 Å². The minimum atomic E-state index is -0.205. The van der Waals surface area contributed by atoms with Gasteiger partial charge in [-0.05, 0) is 44.7 Å². The Kier molecular flexibility index (Phi) is 8.68. The van der Waals surface area contributed by atoms with Crippen molar-refractivity contribution in [1.82, 2.24) is 15.1 Å². The Hall–Kier alpha value is -1.68. The number of imide groups is 1. The highest BCUT2D eigenvalue weighted by molar-refractivity contribution is 14.0. The van der Waals surface area contributed by atoms with Crippen LogP contribution in [-0.4, -0.2) is 71.5 Å². The van der Waals surface area contributed by atoms with E-state index in [4.69, 9.17) is 0 Å². The summed E-state index contributed by atoms with van der Waals surface area (Å²) in [6, 6.07) is 6.98. The molecule has 1 aromatic carbocycles. The normalized spacial score (nSPS) is 17.6. The van der Waals surface area contributed by atoms with Crippen LogP contribution in [0.15, 0.2) is 29.3 Å². The van der Waals surface area contributed by atoms with E-state index in [0.717, 1.165) is 51.3 Å². The fraction of sp³-hybridized carbons (Fsp3) is 0.550. The molecule has 0 bridgehead atoms. The molecule has 1 fully saturated rings. The predicted molar refractivity (Wildman–Crippen MR) is 119 cm³/mol. The van der Waals surface area contributed by atoms with Crippen molar-refractivity contribution in [2.45, 2.75) is 38.7 Å². The molecular weight excluding hydrogens is 471 g/mol. The molecule has 0 aliphatic carbocycles. The maximum absolute atomic E-state index is 12.3. The van der Waals surface area contributed by atoms with E-state index in [2.05, 4.69) is 15.2 Å². The summed E-state index contributed by atoms with van der Waals surface area (Å²) >= 11 is 0. The number of guanidine groups is 1. The van der Waals surface area contributed by atoms with Gasteiger partial charge in [0.2, 0.25) is 0 Å². The number of piperidine rings is 1. The summed E-state index contributed by atoms with van der Waals surface area (Å²) in [5, 5.41) is 13.0. The first-order valence-corrected chi connectivity index (χ1v) is 9.78. The van der Waals surface area contributed by atoms with E-state index in [-0.39, 0.29) is 41.9 Å². The van der Waals surface area contributed by atoms with Gasteiger partial charge in [0, 0.05) is 32.7 Å². The van der Waals surface area contributed by atoms with E-state index in [1.807, 2.05) is 6.92 Å². The molecule has 3 rings (SSSR count). The Morgan fingerprint density at radius 2 is 1.75 bits per heavy atom. The Morgan fingerprint density at radius 1 is 1.14 bits per heavy atom. The summed E-state index contributed by atoms with van der Waals surface area (Å²) in [4.78, 5) is 32.9. The summed E-state index contributed by atoms with van der Waals surface area (Å²) in [6.07, 6.45) is 2.86. The second-order valence-electron chi connectivity index (χ2n) is 6.97. The number of likely N-dealkylation sites (tertiary alicyclic amines) is 1. The number of aliphatic hydroxyl groups excluding tert-OH is 1. The van der Waals surface area contributed by atoms with Gasteiger partial charge in [-0.2, -0.15) is 0 Å². The second kappa shape index (κ2) is 10.8. The largest absolute Gasteiger partial charge is 0.393 e. The Balaban J connectivity index is 0.00000280. The van der Waals surface area contributed by atoms with Crippen molar-refractivity contribution in [3.8, 4) is 0 Å². The number of nitrogens with one attached hydrogen (secondary N) is 1. The molecule has 0 saturated carbocycles. The first kappa shape index (κ1) is 22.6. The van der Waals surface area contributed by atoms with Crippen LogP contribution in [-0.2, 0) is 0 Å². The third kappa shape index (κ3) is 5.22. The van der Waals surface area contributed by atoms with Gasteiger partial charge in [0.05, 0.1) is 17.2 Å². The Morgan fingerprint density at radius 3 is 2.32 bits per heavy atom. The van der Waals surface area contributed by atoms with Crippen molar-refractivity contribution in [3.05, 3.63) is 35.4 Å². The zero-order valence-corrected chi connectivity index (χ0v) is 18.6. The fourth-order valence-electron chi connectivity index (χ4n) is 3.51. The lowest BCUT2D eigenvalue weighted by Gasteiger charge is -2.32. The van der Waals surface area contributed by atoms with Gasteiger partial charge in [-0.1, -0.05) is 12.1 Å². The van der Waals surface area contributed by atoms with E-state index < -0.39 is 0 Å². The highest BCUT2D eigenvalue weighted by Gasteiger charge is 2.34. The summed E-state index contributed by atoms with van der Waals surface area (Å²) in [7, 11) is 0. The molecule has 28 heavy (non-hydrogen) atoms. The quantitative estimate of drug-likeness (QED) is 0.206. The minimum absolute atomic E-state index is 0. The van der Waals surface area contributed by atoms with Gasteiger partial charge in [-0.25, -0.2) is 0 Å². The zero-order valence-electron chi connectivity index (χ0n) is 16.3. The van der Waals surface area contributed by atoms with Gasteiger partial charge in [-0.15, -0.1) is 24.0 Å². The average molecular weight is 500 g/mol. The van der Waals surface area contributed by atoms with Crippen molar-refractivity contribution in [3.63, 3.8) is 0 Å². The minimum Gasteiger partial charge on any atom is -0.393 e. The number of hydrogen-bond donors (Lipinski definition) is 2. The van der Waals surface area contributed by atoms with E-state index in [9.17, 15) is 14.7 Å². The molecule has 0 radical (unpaired) electrons. The summed E-state index contributed by atoms with van der Waals surface area (Å²) in [6.45, 7) is 5.52. The molecule has 8 heteroatoms. The molecule has 2 aliphatic heterocycles. The molecule has 154 valence electrons. The van der Waals surface area contributed by atoms with Crippen LogP contribution in [0.25, 0.3) is 0 Å². The standard InChI is InChI=1S/C20H28N4O3.HI/c1-2-21-20(23-13-9-15(25)10-14-23)22-11-5-6-12-24-18(26)16-7-3-4-8-17(16)19(24)27;/h3-4,7-8,15,25H,2,5-6,9-14H2,1H3,(H,21,22);1H. The van der Waals surface area contributed by atoms with E-state index in [0.29, 0.717) is 24.2 Å². The SMILES string of the molecule is CCNC(=NCCCCN1C(=O)c2ccccc2C1=O)N1CCC(O)CC1.I. The van der Waals surface area contributed by atoms with E-state index in [1.165, 1.54) is 4.90 Å². The molecule has 0 aromatic heterocycles. The van der Waals surface area contributed by atoms with Gasteiger partial charge in [0.1, 0.15) is 0 Å². The summed E-state index contributed by atoms with van der Waals surface area (Å²) < 4.78 is 0. The number of benzene rings is 1. The molecular formula is C20H29IN4O3. The highest BCUT2D eigenvalue weighted by atomic mass is 127. The number of carbonyl (C=O) groups excluding carboxylic acids is 2. The Labute approximate surface area is 183 Å². The number of nitrogens with zero attached hydrogens (tertiary/aromatic N) is 3. The van der Waals surface area contributed by atoms with E-state index in [1.54, 1.807) is 24.3 Å². The van der Waals surface area contributed by atoms with Gasteiger partial charge >= 0.3 is 0 Å². The molecule has 2 aliphatic rings. The number of amides is 2. The molecule has 0 atom stereocenters. The van der Waals surface area contributed by atoms with Crippen molar-refractivity contribution >= 4 is 41.8 Å². The fourth-order valence-corrected chi connectivity index (χ4v) is 3.51. The molecule has 0 spiro atoms.